The van der Waals surface area contributed by atoms with E-state index < -0.39 is 0 Å². The average molecular weight is 309 g/mol. The van der Waals surface area contributed by atoms with Crippen LogP contribution in [0.5, 0.6) is 0 Å². The molecule has 23 heavy (non-hydrogen) atoms. The highest BCUT2D eigenvalue weighted by molar-refractivity contribution is 6.01. The van der Waals surface area contributed by atoms with Gasteiger partial charge in [0.1, 0.15) is 0 Å². The minimum Gasteiger partial charge on any atom is -0.377 e. The minimum atomic E-state index is 0.00980. The summed E-state index contributed by atoms with van der Waals surface area (Å²) in [6, 6.07) is 4.21. The van der Waals surface area contributed by atoms with Gasteiger partial charge in [-0.2, -0.15) is 5.10 Å². The summed E-state index contributed by atoms with van der Waals surface area (Å²) in [5.74, 6) is 0.00980. The van der Waals surface area contributed by atoms with Crippen LogP contribution in [0.1, 0.15) is 33.5 Å². The Hall–Kier alpha value is -2.40. The molecule has 118 valence electrons. The van der Waals surface area contributed by atoms with Gasteiger partial charge < -0.3 is 10.1 Å². The predicted octanol–water partition coefficient (Wildman–Crippen LogP) is 2.44. The monoisotopic (exact) mass is 309 g/mol. The van der Waals surface area contributed by atoms with E-state index in [2.05, 4.69) is 29.5 Å². The Morgan fingerprint density at radius 1 is 1.30 bits per heavy atom. The van der Waals surface area contributed by atoms with Crippen molar-refractivity contribution in [2.75, 3.05) is 13.2 Å². The first-order chi connectivity index (χ1) is 11.1. The molecule has 1 amide bonds. The number of aryl methyl sites for hydroxylation is 2. The molecule has 0 spiro atoms. The van der Waals surface area contributed by atoms with Crippen LogP contribution in [0.2, 0.25) is 0 Å². The topological polar surface area (TPSA) is 56.1 Å². The van der Waals surface area contributed by atoms with Gasteiger partial charge in [0.25, 0.3) is 5.91 Å². The molecule has 0 fully saturated rings. The van der Waals surface area contributed by atoms with Crippen molar-refractivity contribution in [3.8, 4) is 11.3 Å². The van der Waals surface area contributed by atoms with E-state index in [4.69, 9.17) is 4.74 Å². The molecule has 4 rings (SSSR count). The average Bonchev–Trinajstić information content (AvgIpc) is 3.11. The van der Waals surface area contributed by atoms with E-state index in [0.717, 1.165) is 46.5 Å². The number of hydrogen-bond acceptors (Lipinski definition) is 3. The first-order valence-electron chi connectivity index (χ1n) is 7.86. The van der Waals surface area contributed by atoms with Crippen molar-refractivity contribution < 1.29 is 9.53 Å². The van der Waals surface area contributed by atoms with Crippen LogP contribution in [0, 0.1) is 6.92 Å². The number of amides is 1. The Morgan fingerprint density at radius 3 is 2.83 bits per heavy atom. The molecule has 0 unspecified atom stereocenters. The molecule has 5 nitrogen and oxygen atoms in total. The molecule has 0 aliphatic carbocycles. The second kappa shape index (κ2) is 5.35. The lowest BCUT2D eigenvalue weighted by molar-refractivity contribution is 0.0965. The van der Waals surface area contributed by atoms with Crippen LogP contribution in [0.15, 0.2) is 24.4 Å². The summed E-state index contributed by atoms with van der Waals surface area (Å²) in [6.07, 6.45) is 4.86. The summed E-state index contributed by atoms with van der Waals surface area (Å²) in [5, 5.41) is 7.30. The van der Waals surface area contributed by atoms with Gasteiger partial charge in [0, 0.05) is 24.7 Å². The summed E-state index contributed by atoms with van der Waals surface area (Å²) in [4.78, 5) is 12.2. The molecular formula is C18H19N3O2. The zero-order valence-corrected chi connectivity index (χ0v) is 13.3. The number of hydrogen-bond donors (Lipinski definition) is 1. The van der Waals surface area contributed by atoms with Gasteiger partial charge >= 0.3 is 0 Å². The number of fused-ring (bicyclic) bond motifs is 1. The molecule has 2 aromatic rings. The van der Waals surface area contributed by atoms with Crippen molar-refractivity contribution in [3.05, 3.63) is 46.7 Å². The lowest BCUT2D eigenvalue weighted by Crippen LogP contribution is -2.12. The standard InChI is InChI=1S/C18H19N3O2/c1-11-9-20-21(2)17(11)14-7-13(12-3-5-23-6-4-12)8-15-16(14)10-19-18(15)22/h3,7-9H,4-6,10H2,1-2H3,(H,19,22). The fourth-order valence-electron chi connectivity index (χ4n) is 3.45. The van der Waals surface area contributed by atoms with Crippen LogP contribution in [0.3, 0.4) is 0 Å². The largest absolute Gasteiger partial charge is 0.377 e. The summed E-state index contributed by atoms with van der Waals surface area (Å²) in [7, 11) is 1.94. The molecular weight excluding hydrogens is 290 g/mol. The third kappa shape index (κ3) is 2.28. The maximum Gasteiger partial charge on any atom is 0.251 e. The van der Waals surface area contributed by atoms with Crippen LogP contribution in [-0.4, -0.2) is 28.9 Å². The van der Waals surface area contributed by atoms with Crippen molar-refractivity contribution in [1.82, 2.24) is 15.1 Å². The molecule has 3 heterocycles. The highest BCUT2D eigenvalue weighted by atomic mass is 16.5. The number of ether oxygens (including phenoxy) is 1. The third-order valence-corrected chi connectivity index (χ3v) is 4.63. The van der Waals surface area contributed by atoms with Crippen molar-refractivity contribution >= 4 is 11.5 Å². The molecule has 2 aliphatic heterocycles. The second-order valence-electron chi connectivity index (χ2n) is 6.09. The van der Waals surface area contributed by atoms with Gasteiger partial charge in [-0.3, -0.25) is 9.48 Å². The number of nitrogens with one attached hydrogen (secondary N) is 1. The van der Waals surface area contributed by atoms with E-state index in [1.807, 2.05) is 24.0 Å². The van der Waals surface area contributed by atoms with Crippen LogP contribution in [0.4, 0.5) is 0 Å². The van der Waals surface area contributed by atoms with Gasteiger partial charge in [0.05, 0.1) is 25.1 Å². The molecule has 0 bridgehead atoms. The smallest absolute Gasteiger partial charge is 0.251 e. The van der Waals surface area contributed by atoms with Crippen molar-refractivity contribution in [3.63, 3.8) is 0 Å². The van der Waals surface area contributed by atoms with Crippen molar-refractivity contribution in [1.29, 1.82) is 0 Å². The SMILES string of the molecule is Cc1cnn(C)c1-c1cc(C2=CCOCC2)cc2c1CNC2=O. The van der Waals surface area contributed by atoms with Gasteiger partial charge in [-0.05, 0) is 47.7 Å². The lowest BCUT2D eigenvalue weighted by Gasteiger charge is -2.17. The van der Waals surface area contributed by atoms with Gasteiger partial charge in [0.2, 0.25) is 0 Å². The summed E-state index contributed by atoms with van der Waals surface area (Å²) < 4.78 is 7.29. The highest BCUT2D eigenvalue weighted by Gasteiger charge is 2.26. The van der Waals surface area contributed by atoms with Crippen LogP contribution < -0.4 is 5.32 Å². The van der Waals surface area contributed by atoms with Gasteiger partial charge in [0.15, 0.2) is 0 Å². The molecule has 0 atom stereocenters. The van der Waals surface area contributed by atoms with Crippen LogP contribution in [-0.2, 0) is 18.3 Å². The maximum atomic E-state index is 12.2. The van der Waals surface area contributed by atoms with E-state index >= 15 is 0 Å². The van der Waals surface area contributed by atoms with Gasteiger partial charge in [-0.15, -0.1) is 0 Å². The maximum absolute atomic E-state index is 12.2. The Balaban J connectivity index is 1.95. The summed E-state index contributed by atoms with van der Waals surface area (Å²) in [6.45, 7) is 4.00. The van der Waals surface area contributed by atoms with Gasteiger partial charge in [-0.1, -0.05) is 6.08 Å². The Labute approximate surface area is 135 Å². The molecule has 1 aromatic carbocycles. The minimum absolute atomic E-state index is 0.00980. The fraction of sp³-hybridized carbons (Fsp3) is 0.333. The Morgan fingerprint density at radius 2 is 2.13 bits per heavy atom. The predicted molar refractivity (Wildman–Crippen MR) is 88.0 cm³/mol. The van der Waals surface area contributed by atoms with Crippen molar-refractivity contribution in [2.45, 2.75) is 19.9 Å². The van der Waals surface area contributed by atoms with Gasteiger partial charge in [-0.25, -0.2) is 0 Å². The fourth-order valence-corrected chi connectivity index (χ4v) is 3.45. The van der Waals surface area contributed by atoms with Crippen molar-refractivity contribution in [2.24, 2.45) is 7.05 Å². The number of aromatic nitrogens is 2. The quantitative estimate of drug-likeness (QED) is 0.927. The third-order valence-electron chi connectivity index (χ3n) is 4.63. The Bertz CT molecular complexity index is 814. The molecule has 0 saturated heterocycles. The second-order valence-corrected chi connectivity index (χ2v) is 6.09. The van der Waals surface area contributed by atoms with E-state index in [1.54, 1.807) is 0 Å². The summed E-state index contributed by atoms with van der Waals surface area (Å²) >= 11 is 0. The van der Waals surface area contributed by atoms with Crippen LogP contribution >= 0.6 is 0 Å². The first-order valence-corrected chi connectivity index (χ1v) is 7.86. The molecule has 1 aromatic heterocycles. The van der Waals surface area contributed by atoms with E-state index in [-0.39, 0.29) is 5.91 Å². The number of carbonyl (C=O) groups is 1. The number of nitrogens with zero attached hydrogens (tertiary/aromatic N) is 2. The summed E-state index contributed by atoms with van der Waals surface area (Å²) in [5.41, 5.74) is 7.50. The van der Waals surface area contributed by atoms with E-state index in [9.17, 15) is 4.79 Å². The molecule has 0 saturated carbocycles. The lowest BCUT2D eigenvalue weighted by atomic mass is 9.91. The Kier molecular flexibility index (Phi) is 3.31. The normalized spacial score (nSPS) is 17.0. The first kappa shape index (κ1) is 14.2. The number of rotatable bonds is 2. The zero-order valence-electron chi connectivity index (χ0n) is 13.3. The molecule has 2 aliphatic rings. The number of benzene rings is 1. The highest BCUT2D eigenvalue weighted by Crippen LogP contribution is 2.35. The van der Waals surface area contributed by atoms with E-state index in [1.165, 1.54) is 5.57 Å². The zero-order chi connectivity index (χ0) is 16.0. The number of carbonyl (C=O) groups excluding carboxylic acids is 1. The van der Waals surface area contributed by atoms with E-state index in [0.29, 0.717) is 13.2 Å². The molecule has 0 radical (unpaired) electrons. The van der Waals surface area contributed by atoms with Crippen LogP contribution in [0.25, 0.3) is 16.8 Å². The molecule has 1 N–H and O–H groups in total. The molecule has 5 heteroatoms.